The normalized spacial score (nSPS) is 10.6. The van der Waals surface area contributed by atoms with E-state index in [1.807, 2.05) is 0 Å². The van der Waals surface area contributed by atoms with E-state index in [-0.39, 0.29) is 24.3 Å². The van der Waals surface area contributed by atoms with Crippen molar-refractivity contribution >= 4 is 5.97 Å². The van der Waals surface area contributed by atoms with Crippen LogP contribution < -0.4 is 0 Å². The zero-order chi connectivity index (χ0) is 12.1. The van der Waals surface area contributed by atoms with Gasteiger partial charge in [0.2, 0.25) is 0 Å². The van der Waals surface area contributed by atoms with Crippen molar-refractivity contribution in [2.75, 3.05) is 6.61 Å². The molecule has 16 heavy (non-hydrogen) atoms. The predicted molar refractivity (Wildman–Crippen MR) is 54.3 cm³/mol. The fraction of sp³-hybridized carbons (Fsp3) is 0.455. The van der Waals surface area contributed by atoms with Gasteiger partial charge in [0.1, 0.15) is 0 Å². The lowest BCUT2D eigenvalue weighted by atomic mass is 10.1. The van der Waals surface area contributed by atoms with Crippen molar-refractivity contribution in [2.45, 2.75) is 26.7 Å². The Kier molecular flexibility index (Phi) is 4.34. The lowest BCUT2D eigenvalue weighted by molar-refractivity contribution is -0.142. The maximum Gasteiger partial charge on any atom is 0.311 e. The third kappa shape index (κ3) is 3.25. The van der Waals surface area contributed by atoms with E-state index in [9.17, 15) is 13.6 Å². The second-order valence-corrected chi connectivity index (χ2v) is 3.27. The van der Waals surface area contributed by atoms with Crippen molar-refractivity contribution in [2.24, 2.45) is 0 Å². The van der Waals surface area contributed by atoms with Crippen LogP contribution in [-0.2, 0) is 16.0 Å². The molecule has 0 aliphatic rings. The summed E-state index contributed by atoms with van der Waals surface area (Å²) in [5.41, 5.74) is 0.482. The lowest BCUT2D eigenvalue weighted by Gasteiger charge is -2.08. The predicted octanol–water partition coefficient (Wildman–Crippen LogP) is 2.43. The molecule has 1 heterocycles. The number of halogens is 2. The van der Waals surface area contributed by atoms with Gasteiger partial charge in [-0.1, -0.05) is 0 Å². The Morgan fingerprint density at radius 3 is 2.75 bits per heavy atom. The molecule has 0 aliphatic carbocycles. The Morgan fingerprint density at radius 2 is 2.19 bits per heavy atom. The van der Waals surface area contributed by atoms with Gasteiger partial charge in [-0.3, -0.25) is 9.78 Å². The summed E-state index contributed by atoms with van der Waals surface area (Å²) in [6.07, 6.45) is -2.84. The van der Waals surface area contributed by atoms with Crippen molar-refractivity contribution in [3.8, 4) is 0 Å². The third-order valence-electron chi connectivity index (χ3n) is 2.00. The van der Waals surface area contributed by atoms with Crippen LogP contribution >= 0.6 is 0 Å². The summed E-state index contributed by atoms with van der Waals surface area (Å²) in [6, 6.07) is 2.79. The number of aryl methyl sites for hydroxylation is 1. The van der Waals surface area contributed by atoms with Crippen LogP contribution in [0, 0.1) is 6.92 Å². The number of aromatic nitrogens is 1. The van der Waals surface area contributed by atoms with Gasteiger partial charge < -0.3 is 4.74 Å². The second kappa shape index (κ2) is 5.53. The third-order valence-corrected chi connectivity index (χ3v) is 2.00. The van der Waals surface area contributed by atoms with Crippen molar-refractivity contribution < 1.29 is 18.3 Å². The molecule has 0 unspecified atom stereocenters. The molecular formula is C11H13F2NO2. The maximum absolute atomic E-state index is 12.6. The van der Waals surface area contributed by atoms with E-state index in [4.69, 9.17) is 4.74 Å². The minimum absolute atomic E-state index is 0.0912. The topological polar surface area (TPSA) is 39.2 Å². The van der Waals surface area contributed by atoms with Crippen molar-refractivity contribution in [3.05, 3.63) is 29.1 Å². The lowest BCUT2D eigenvalue weighted by Crippen LogP contribution is -2.11. The molecule has 0 radical (unpaired) electrons. The molecule has 0 saturated carbocycles. The number of carbonyl (C=O) groups is 1. The minimum Gasteiger partial charge on any atom is -0.466 e. The molecule has 0 bridgehead atoms. The van der Waals surface area contributed by atoms with Crippen LogP contribution in [-0.4, -0.2) is 17.6 Å². The number of carbonyl (C=O) groups excluding carboxylic acids is 1. The molecule has 0 amide bonds. The molecule has 0 atom stereocenters. The molecular weight excluding hydrogens is 216 g/mol. The molecule has 0 fully saturated rings. The number of hydrogen-bond donors (Lipinski definition) is 0. The average molecular weight is 229 g/mol. The largest absolute Gasteiger partial charge is 0.466 e. The number of esters is 1. The number of pyridine rings is 1. The van der Waals surface area contributed by atoms with Gasteiger partial charge in [0.15, 0.2) is 0 Å². The fourth-order valence-corrected chi connectivity index (χ4v) is 1.31. The smallest absolute Gasteiger partial charge is 0.311 e. The van der Waals surface area contributed by atoms with E-state index in [0.29, 0.717) is 5.69 Å². The van der Waals surface area contributed by atoms with Gasteiger partial charge in [0.05, 0.1) is 18.7 Å². The van der Waals surface area contributed by atoms with Gasteiger partial charge >= 0.3 is 5.97 Å². The van der Waals surface area contributed by atoms with E-state index in [1.165, 1.54) is 12.1 Å². The highest BCUT2D eigenvalue weighted by atomic mass is 19.3. The van der Waals surface area contributed by atoms with Crippen LogP contribution in [0.25, 0.3) is 0 Å². The molecule has 0 N–H and O–H groups in total. The van der Waals surface area contributed by atoms with Crippen LogP contribution in [0.5, 0.6) is 0 Å². The molecule has 88 valence electrons. The van der Waals surface area contributed by atoms with Gasteiger partial charge in [0.25, 0.3) is 6.43 Å². The first-order chi connectivity index (χ1) is 7.54. The van der Waals surface area contributed by atoms with Crippen LogP contribution in [0.15, 0.2) is 12.1 Å². The number of ether oxygens (including phenoxy) is 1. The summed E-state index contributed by atoms with van der Waals surface area (Å²) in [6.45, 7) is 3.58. The van der Waals surface area contributed by atoms with E-state index >= 15 is 0 Å². The first-order valence-corrected chi connectivity index (χ1v) is 4.94. The van der Waals surface area contributed by atoms with Gasteiger partial charge in [0, 0.05) is 11.3 Å². The minimum atomic E-state index is -2.63. The zero-order valence-corrected chi connectivity index (χ0v) is 9.17. The summed E-state index contributed by atoms with van der Waals surface area (Å²) in [5.74, 6) is -0.539. The Balaban J connectivity index is 2.92. The number of hydrogen-bond acceptors (Lipinski definition) is 3. The monoisotopic (exact) mass is 229 g/mol. The number of rotatable bonds is 4. The quantitative estimate of drug-likeness (QED) is 0.744. The number of alkyl halides is 2. The summed E-state index contributed by atoms with van der Waals surface area (Å²) in [4.78, 5) is 15.1. The Labute approximate surface area is 92.4 Å². The van der Waals surface area contributed by atoms with Crippen LogP contribution in [0.3, 0.4) is 0 Å². The summed E-state index contributed by atoms with van der Waals surface area (Å²) >= 11 is 0. The maximum atomic E-state index is 12.6. The van der Waals surface area contributed by atoms with Gasteiger partial charge in [-0.15, -0.1) is 0 Å². The molecule has 5 heteroatoms. The molecule has 1 aromatic heterocycles. The molecule has 0 aromatic carbocycles. The highest BCUT2D eigenvalue weighted by Crippen LogP contribution is 2.22. The first-order valence-electron chi connectivity index (χ1n) is 4.94. The SMILES string of the molecule is CCOC(=O)Cc1nc(C)ccc1C(F)F. The molecule has 0 spiro atoms. The fourth-order valence-electron chi connectivity index (χ4n) is 1.31. The van der Waals surface area contributed by atoms with Crippen LogP contribution in [0.4, 0.5) is 8.78 Å². The molecule has 1 aromatic rings. The first kappa shape index (κ1) is 12.5. The number of nitrogens with zero attached hydrogens (tertiary/aromatic N) is 1. The van der Waals surface area contributed by atoms with Crippen molar-refractivity contribution in [1.29, 1.82) is 0 Å². The Hall–Kier alpha value is -1.52. The second-order valence-electron chi connectivity index (χ2n) is 3.27. The van der Waals surface area contributed by atoms with Gasteiger partial charge in [-0.2, -0.15) is 0 Å². The molecule has 0 aliphatic heterocycles. The van der Waals surface area contributed by atoms with Crippen LogP contribution in [0.1, 0.15) is 30.3 Å². The molecule has 1 rings (SSSR count). The average Bonchev–Trinajstić information content (AvgIpc) is 2.17. The molecule has 0 saturated heterocycles. The Bertz CT molecular complexity index is 380. The van der Waals surface area contributed by atoms with Gasteiger partial charge in [-0.25, -0.2) is 8.78 Å². The Morgan fingerprint density at radius 1 is 1.50 bits per heavy atom. The molecule has 3 nitrogen and oxygen atoms in total. The van der Waals surface area contributed by atoms with E-state index in [0.717, 1.165) is 0 Å². The highest BCUT2D eigenvalue weighted by molar-refractivity contribution is 5.72. The van der Waals surface area contributed by atoms with Gasteiger partial charge in [-0.05, 0) is 26.0 Å². The highest BCUT2D eigenvalue weighted by Gasteiger charge is 2.17. The zero-order valence-electron chi connectivity index (χ0n) is 9.17. The van der Waals surface area contributed by atoms with E-state index in [1.54, 1.807) is 13.8 Å². The van der Waals surface area contributed by atoms with Crippen LogP contribution in [0.2, 0.25) is 0 Å². The summed E-state index contributed by atoms with van der Waals surface area (Å²) in [5, 5.41) is 0. The van der Waals surface area contributed by atoms with E-state index < -0.39 is 12.4 Å². The van der Waals surface area contributed by atoms with Crippen molar-refractivity contribution in [3.63, 3.8) is 0 Å². The van der Waals surface area contributed by atoms with Crippen molar-refractivity contribution in [1.82, 2.24) is 4.98 Å². The summed E-state index contributed by atoms with van der Waals surface area (Å²) in [7, 11) is 0. The standard InChI is InChI=1S/C11H13F2NO2/c1-3-16-10(15)6-9-8(11(12)13)5-4-7(2)14-9/h4-5,11H,3,6H2,1-2H3. The van der Waals surface area contributed by atoms with E-state index in [2.05, 4.69) is 4.98 Å². The summed E-state index contributed by atoms with van der Waals surface area (Å²) < 4.78 is 29.9.